The fourth-order valence-electron chi connectivity index (χ4n) is 1.86. The fraction of sp³-hybridized carbons (Fsp3) is 0.0500. The largest absolute Gasteiger partial charge is 0.508 e. The molecule has 3 aromatic rings. The van der Waals surface area contributed by atoms with Gasteiger partial charge in [-0.05, 0) is 29.7 Å². The zero-order valence-corrected chi connectivity index (χ0v) is 14.4. The van der Waals surface area contributed by atoms with E-state index in [1.165, 1.54) is 11.1 Å². The van der Waals surface area contributed by atoms with Gasteiger partial charge in [0.25, 0.3) is 0 Å². The van der Waals surface area contributed by atoms with Gasteiger partial charge in [0, 0.05) is 0 Å². The molecule has 0 aliphatic heterocycles. The maximum absolute atomic E-state index is 9.60. The van der Waals surface area contributed by atoms with Crippen LogP contribution in [-0.4, -0.2) is 16.3 Å². The topological polar surface area (TPSA) is 119 Å². The molecule has 0 atom stereocenters. The Hall–Kier alpha value is -3.35. The molecule has 0 unspecified atom stereocenters. The van der Waals surface area contributed by atoms with Crippen LogP contribution in [-0.2, 0) is 6.42 Å². The number of primary amides is 1. The number of nitrogens with two attached hydrogens (primary N) is 3. The van der Waals surface area contributed by atoms with Crippen LogP contribution in [0.4, 0.5) is 4.79 Å². The molecule has 6 heteroatoms. The average Bonchev–Trinajstić information content (AvgIpc) is 2.65. The highest BCUT2D eigenvalue weighted by Gasteiger charge is 1.92. The summed E-state index contributed by atoms with van der Waals surface area (Å²) in [5.74, 6) is 9.47. The molecule has 136 valence electrons. The minimum absolute atomic E-state index is 0.306. The van der Waals surface area contributed by atoms with Crippen molar-refractivity contribution in [3.8, 4) is 5.75 Å². The molecule has 0 fully saturated rings. The Morgan fingerprint density at radius 2 is 1.04 bits per heavy atom. The van der Waals surface area contributed by atoms with Crippen molar-refractivity contribution in [1.82, 2.24) is 5.12 Å². The average molecular weight is 352 g/mol. The van der Waals surface area contributed by atoms with Gasteiger partial charge in [-0.15, -0.1) is 0 Å². The number of hydrogen-bond acceptors (Lipinski definition) is 4. The van der Waals surface area contributed by atoms with Crippen LogP contribution in [0, 0.1) is 0 Å². The molecule has 7 N–H and O–H groups in total. The Kier molecular flexibility index (Phi) is 9.61. The van der Waals surface area contributed by atoms with Gasteiger partial charge < -0.3 is 10.8 Å². The molecule has 2 amide bonds. The van der Waals surface area contributed by atoms with Gasteiger partial charge in [0.1, 0.15) is 5.75 Å². The van der Waals surface area contributed by atoms with E-state index in [0.717, 1.165) is 6.42 Å². The van der Waals surface area contributed by atoms with Crippen molar-refractivity contribution in [2.75, 3.05) is 0 Å². The van der Waals surface area contributed by atoms with Crippen molar-refractivity contribution in [3.63, 3.8) is 0 Å². The maximum Gasteiger partial charge on any atom is 0.343 e. The molecule has 0 spiro atoms. The highest BCUT2D eigenvalue weighted by Crippen LogP contribution is 2.07. The van der Waals surface area contributed by atoms with Crippen molar-refractivity contribution in [2.24, 2.45) is 17.4 Å². The minimum Gasteiger partial charge on any atom is -0.508 e. The predicted molar refractivity (Wildman–Crippen MR) is 104 cm³/mol. The lowest BCUT2D eigenvalue weighted by atomic mass is 10.1. The first kappa shape index (κ1) is 20.7. The van der Waals surface area contributed by atoms with Gasteiger partial charge in [-0.2, -0.15) is 5.12 Å². The third-order valence-corrected chi connectivity index (χ3v) is 3.10. The molecule has 0 radical (unpaired) electrons. The van der Waals surface area contributed by atoms with E-state index in [-0.39, 0.29) is 0 Å². The molecule has 3 rings (SSSR count). The molecule has 0 bridgehead atoms. The summed E-state index contributed by atoms with van der Waals surface area (Å²) in [5, 5.41) is 8.94. The van der Waals surface area contributed by atoms with Crippen LogP contribution >= 0.6 is 0 Å². The zero-order valence-electron chi connectivity index (χ0n) is 14.4. The molecule has 0 heterocycles. The van der Waals surface area contributed by atoms with Crippen LogP contribution in [0.5, 0.6) is 5.75 Å². The standard InChI is InChI=1S/C13H12.C6H6O.CH6N4O/c1-3-7-12(8-4-1)11-13-9-5-2-6-10-13;7-6-4-2-1-3-5-6;2-1(6)5(3)4/h1-10H,11H2;1-5,7H;3-4H2,(H2,2,6). The Morgan fingerprint density at radius 3 is 1.27 bits per heavy atom. The number of amides is 2. The third-order valence-electron chi connectivity index (χ3n) is 3.10. The van der Waals surface area contributed by atoms with E-state index >= 15 is 0 Å². The van der Waals surface area contributed by atoms with Crippen LogP contribution in [0.2, 0.25) is 0 Å². The van der Waals surface area contributed by atoms with Crippen LogP contribution in [0.25, 0.3) is 0 Å². The van der Waals surface area contributed by atoms with Crippen LogP contribution < -0.4 is 17.4 Å². The lowest BCUT2D eigenvalue weighted by molar-refractivity contribution is 0.210. The number of hydrazine groups is 2. The highest BCUT2D eigenvalue weighted by molar-refractivity contribution is 5.70. The maximum atomic E-state index is 9.60. The highest BCUT2D eigenvalue weighted by atomic mass is 16.3. The van der Waals surface area contributed by atoms with Gasteiger partial charge >= 0.3 is 6.03 Å². The first-order valence-corrected chi connectivity index (χ1v) is 7.90. The summed E-state index contributed by atoms with van der Waals surface area (Å²) in [6.45, 7) is 0. The van der Waals surface area contributed by atoms with Crippen molar-refractivity contribution in [3.05, 3.63) is 102 Å². The summed E-state index contributed by atoms with van der Waals surface area (Å²) in [7, 11) is 0. The smallest absolute Gasteiger partial charge is 0.343 e. The molecule has 6 nitrogen and oxygen atoms in total. The van der Waals surface area contributed by atoms with Gasteiger partial charge in [-0.25, -0.2) is 16.5 Å². The number of urea groups is 1. The molecule has 26 heavy (non-hydrogen) atoms. The van der Waals surface area contributed by atoms with Gasteiger partial charge in [-0.3, -0.25) is 0 Å². The summed E-state index contributed by atoms with van der Waals surface area (Å²) >= 11 is 0. The Bertz CT molecular complexity index is 698. The van der Waals surface area contributed by atoms with Gasteiger partial charge in [0.15, 0.2) is 0 Å². The van der Waals surface area contributed by atoms with E-state index < -0.39 is 6.03 Å². The van der Waals surface area contributed by atoms with Crippen molar-refractivity contribution in [1.29, 1.82) is 0 Å². The number of para-hydroxylation sites is 1. The van der Waals surface area contributed by atoms with E-state index in [0.29, 0.717) is 10.9 Å². The second-order valence-corrected chi connectivity index (χ2v) is 5.23. The lowest BCUT2D eigenvalue weighted by Crippen LogP contribution is -2.46. The lowest BCUT2D eigenvalue weighted by Gasteiger charge is -2.00. The number of hydrogen-bond donors (Lipinski definition) is 4. The summed E-state index contributed by atoms with van der Waals surface area (Å²) in [6, 6.07) is 28.9. The number of rotatable bonds is 2. The predicted octanol–water partition coefficient (Wildman–Crippen LogP) is 2.78. The SMILES string of the molecule is NC(=O)N(N)N.Oc1ccccc1.c1ccc(Cc2ccccc2)cc1. The summed E-state index contributed by atoms with van der Waals surface area (Å²) in [6.07, 6.45) is 1.03. The molecule has 0 aromatic heterocycles. The van der Waals surface area contributed by atoms with Crippen LogP contribution in [0.3, 0.4) is 0 Å². The van der Waals surface area contributed by atoms with E-state index in [2.05, 4.69) is 78.1 Å². The monoisotopic (exact) mass is 352 g/mol. The second kappa shape index (κ2) is 12.1. The van der Waals surface area contributed by atoms with Crippen molar-refractivity contribution < 1.29 is 9.90 Å². The molecular formula is C20H24N4O2. The Balaban J connectivity index is 0.000000220. The van der Waals surface area contributed by atoms with Gasteiger partial charge in [-0.1, -0.05) is 78.9 Å². The molecule has 0 saturated carbocycles. The minimum atomic E-state index is -0.852. The van der Waals surface area contributed by atoms with Crippen LogP contribution in [0.15, 0.2) is 91.0 Å². The quantitative estimate of drug-likeness (QED) is 0.322. The Morgan fingerprint density at radius 1 is 0.731 bits per heavy atom. The second-order valence-electron chi connectivity index (χ2n) is 5.23. The van der Waals surface area contributed by atoms with E-state index in [1.54, 1.807) is 24.3 Å². The van der Waals surface area contributed by atoms with E-state index in [9.17, 15) is 4.79 Å². The first-order valence-electron chi connectivity index (χ1n) is 7.90. The Labute approximate surface area is 153 Å². The summed E-state index contributed by atoms with van der Waals surface area (Å²) < 4.78 is 0. The van der Waals surface area contributed by atoms with Crippen molar-refractivity contribution >= 4 is 6.03 Å². The first-order chi connectivity index (χ1) is 12.5. The normalized spacial score (nSPS) is 9.00. The number of carbonyl (C=O) groups excluding carboxylic acids is 1. The summed E-state index contributed by atoms with van der Waals surface area (Å²) in [5.41, 5.74) is 7.21. The van der Waals surface area contributed by atoms with E-state index in [1.807, 2.05) is 6.07 Å². The number of aromatic hydroxyl groups is 1. The number of phenolic OH excluding ortho intramolecular Hbond substituents is 1. The van der Waals surface area contributed by atoms with E-state index in [4.69, 9.17) is 5.11 Å². The van der Waals surface area contributed by atoms with Gasteiger partial charge in [0.05, 0.1) is 0 Å². The molecule has 3 aromatic carbocycles. The molecule has 0 aliphatic carbocycles. The number of benzene rings is 3. The molecule has 0 aliphatic rings. The molecular weight excluding hydrogens is 328 g/mol. The van der Waals surface area contributed by atoms with Crippen molar-refractivity contribution in [2.45, 2.75) is 6.42 Å². The number of carbonyl (C=O) groups is 1. The number of phenols is 1. The van der Waals surface area contributed by atoms with Crippen LogP contribution in [0.1, 0.15) is 11.1 Å². The fourth-order valence-corrected chi connectivity index (χ4v) is 1.86. The molecule has 0 saturated heterocycles. The van der Waals surface area contributed by atoms with Gasteiger partial charge in [0.2, 0.25) is 0 Å². The third kappa shape index (κ3) is 9.71. The number of nitrogens with zero attached hydrogens (tertiary/aromatic N) is 1. The summed E-state index contributed by atoms with van der Waals surface area (Å²) in [4.78, 5) is 9.60. The zero-order chi connectivity index (χ0) is 19.2.